The molecule has 2 amide bonds. The molecule has 3 rings (SSSR count). The topological polar surface area (TPSA) is 176 Å². The number of hydrazine groups is 1. The molecule has 1 heterocycles. The lowest BCUT2D eigenvalue weighted by Gasteiger charge is -2.24. The lowest BCUT2D eigenvalue weighted by molar-refractivity contribution is -0.142. The van der Waals surface area contributed by atoms with Gasteiger partial charge in [0, 0.05) is 23.9 Å². The van der Waals surface area contributed by atoms with Crippen molar-refractivity contribution < 1.29 is 29.4 Å². The van der Waals surface area contributed by atoms with E-state index in [0.717, 1.165) is 11.5 Å². The van der Waals surface area contributed by atoms with Gasteiger partial charge in [-0.1, -0.05) is 28.2 Å². The monoisotopic (exact) mass is 503 g/mol. The first-order valence-electron chi connectivity index (χ1n) is 9.64. The number of nitrogens with two attached hydrogens (primary N) is 1. The molecule has 0 saturated heterocycles. The van der Waals surface area contributed by atoms with Gasteiger partial charge in [0.15, 0.2) is 11.8 Å². The fourth-order valence-electron chi connectivity index (χ4n) is 2.93. The number of benzene rings is 2. The van der Waals surface area contributed by atoms with Gasteiger partial charge < -0.3 is 15.5 Å². The van der Waals surface area contributed by atoms with E-state index >= 15 is 0 Å². The maximum atomic E-state index is 12.8. The van der Waals surface area contributed by atoms with Crippen molar-refractivity contribution in [2.24, 2.45) is 5.84 Å². The second kappa shape index (κ2) is 10.8. The smallest absolute Gasteiger partial charge is 0.328 e. The number of amides is 2. The Bertz CT molecular complexity index is 1240. The third kappa shape index (κ3) is 5.92. The molecular weight excluding hydrogens is 486 g/mol. The minimum absolute atomic E-state index is 0.0313. The molecule has 0 radical (unpaired) electrons. The average Bonchev–Trinajstić information content (AvgIpc) is 3.35. The van der Waals surface area contributed by atoms with Gasteiger partial charge in [0.25, 0.3) is 11.8 Å². The molecule has 11 nitrogen and oxygen atoms in total. The summed E-state index contributed by atoms with van der Waals surface area (Å²) in [6.07, 6.45) is -0.615. The highest BCUT2D eigenvalue weighted by Gasteiger charge is 2.32. The first kappa shape index (κ1) is 24.8. The Morgan fingerprint density at radius 3 is 2.56 bits per heavy atom. The number of hydrogen-bond donors (Lipinski definition) is 4. The van der Waals surface area contributed by atoms with E-state index in [1.807, 2.05) is 0 Å². The third-order valence-electron chi connectivity index (χ3n) is 4.71. The zero-order valence-corrected chi connectivity index (χ0v) is 18.9. The summed E-state index contributed by atoms with van der Waals surface area (Å²) in [7, 11) is 0. The number of ketones is 1. The number of Topliss-reactive ketones (excluding diaryl/α,β-unsaturated/α-hetero) is 1. The van der Waals surface area contributed by atoms with Crippen LogP contribution in [-0.2, 0) is 11.3 Å². The van der Waals surface area contributed by atoms with Gasteiger partial charge >= 0.3 is 5.97 Å². The van der Waals surface area contributed by atoms with Crippen molar-refractivity contribution in [3.8, 4) is 5.75 Å². The maximum absolute atomic E-state index is 12.8. The van der Waals surface area contributed by atoms with Crippen LogP contribution in [0.4, 0.5) is 0 Å². The van der Waals surface area contributed by atoms with Crippen LogP contribution in [0.5, 0.6) is 5.75 Å². The van der Waals surface area contributed by atoms with Crippen molar-refractivity contribution >= 4 is 46.7 Å². The van der Waals surface area contributed by atoms with Crippen molar-refractivity contribution in [3.63, 3.8) is 0 Å². The lowest BCUT2D eigenvalue weighted by Crippen LogP contribution is -2.50. The quantitative estimate of drug-likeness (QED) is 0.147. The summed E-state index contributed by atoms with van der Waals surface area (Å²) in [6.45, 7) is 0.144. The zero-order valence-electron chi connectivity index (χ0n) is 17.3. The van der Waals surface area contributed by atoms with E-state index < -0.39 is 36.0 Å². The van der Waals surface area contributed by atoms with Crippen LogP contribution >= 0.6 is 23.1 Å². The van der Waals surface area contributed by atoms with Gasteiger partial charge in [0.1, 0.15) is 11.4 Å². The van der Waals surface area contributed by atoms with Crippen LogP contribution in [0.1, 0.15) is 43.2 Å². The average molecular weight is 504 g/mol. The number of carbonyl (C=O) groups is 4. The van der Waals surface area contributed by atoms with Gasteiger partial charge in [-0.25, -0.2) is 10.6 Å². The molecule has 0 bridgehead atoms. The number of rotatable bonds is 9. The number of phenolic OH excluding ortho intramolecular Hbond substituents is 1. The molecule has 0 saturated carbocycles. The van der Waals surface area contributed by atoms with Crippen molar-refractivity contribution in [2.45, 2.75) is 19.0 Å². The Labute approximate surface area is 201 Å². The van der Waals surface area contributed by atoms with E-state index in [2.05, 4.69) is 14.9 Å². The zero-order chi connectivity index (χ0) is 24.8. The number of halogens is 1. The molecule has 1 atom stereocenters. The minimum atomic E-state index is -1.68. The molecule has 0 fully saturated rings. The number of carboxylic acid groups (broad SMARTS) is 1. The number of aromatic hydroxyl groups is 1. The van der Waals surface area contributed by atoms with E-state index in [4.69, 9.17) is 17.4 Å². The van der Waals surface area contributed by atoms with Gasteiger partial charge in [-0.2, -0.15) is 0 Å². The first-order valence-corrected chi connectivity index (χ1v) is 10.9. The van der Waals surface area contributed by atoms with E-state index in [9.17, 15) is 29.4 Å². The summed E-state index contributed by atoms with van der Waals surface area (Å²) < 4.78 is 3.54. The van der Waals surface area contributed by atoms with E-state index in [1.54, 1.807) is 12.1 Å². The van der Waals surface area contributed by atoms with Gasteiger partial charge in [-0.15, -0.1) is 5.10 Å². The summed E-state index contributed by atoms with van der Waals surface area (Å²) in [5.74, 6) is 2.23. The summed E-state index contributed by atoms with van der Waals surface area (Å²) in [6, 6.07) is 8.48. The lowest BCUT2D eigenvalue weighted by atomic mass is 10.1. The molecule has 0 unspecified atom stereocenters. The van der Waals surface area contributed by atoms with Crippen LogP contribution < -0.4 is 11.2 Å². The Kier molecular flexibility index (Phi) is 7.89. The third-order valence-corrected chi connectivity index (χ3v) is 5.52. The predicted molar refractivity (Wildman–Crippen MR) is 121 cm³/mol. The van der Waals surface area contributed by atoms with Crippen molar-refractivity contribution in [2.75, 3.05) is 0 Å². The van der Waals surface area contributed by atoms with E-state index in [-0.39, 0.29) is 34.1 Å². The Hall–Kier alpha value is -3.87. The molecular formula is C21H18ClN5O6S. The van der Waals surface area contributed by atoms with Crippen molar-refractivity contribution in [1.29, 1.82) is 0 Å². The molecule has 34 heavy (non-hydrogen) atoms. The highest BCUT2D eigenvalue weighted by Crippen LogP contribution is 2.21. The van der Waals surface area contributed by atoms with Crippen LogP contribution in [0.15, 0.2) is 47.8 Å². The summed E-state index contributed by atoms with van der Waals surface area (Å²) >= 11 is 7.10. The molecule has 3 aromatic rings. The summed E-state index contributed by atoms with van der Waals surface area (Å²) in [4.78, 5) is 49.1. The highest BCUT2D eigenvalue weighted by atomic mass is 35.5. The number of carbonyl (C=O) groups excluding carboxylic acids is 3. The molecule has 0 spiro atoms. The fraction of sp³-hybridized carbons (Fsp3) is 0.143. The number of nitrogens with one attached hydrogen (secondary N) is 1. The van der Waals surface area contributed by atoms with Crippen LogP contribution in [0, 0.1) is 0 Å². The maximum Gasteiger partial charge on any atom is 0.328 e. The number of phenols is 1. The predicted octanol–water partition coefficient (Wildman–Crippen LogP) is 1.87. The molecule has 176 valence electrons. The second-order valence-electron chi connectivity index (χ2n) is 7.03. The number of hydrogen-bond acceptors (Lipinski definition) is 9. The molecule has 0 aliphatic heterocycles. The van der Waals surface area contributed by atoms with Crippen LogP contribution in [0.3, 0.4) is 0 Å². The molecule has 5 N–H and O–H groups in total. The van der Waals surface area contributed by atoms with Gasteiger partial charge in [0.05, 0.1) is 10.6 Å². The molecule has 1 aromatic heterocycles. The Morgan fingerprint density at radius 2 is 1.94 bits per heavy atom. The highest BCUT2D eigenvalue weighted by molar-refractivity contribution is 7.03. The standard InChI is InChI=1S/C21H18ClN5O6S/c22-15-7-12(19(30)24-9-11-2-1-3-13(28)6-11)4-5-14(15)20(31)27(23)17(21(32)33)8-18(29)16-10-34-26-25-16/h1-7,10,17,28H,8-9,23H2,(H,24,30)(H,32,33)/t17-/m0/s1. The second-order valence-corrected chi connectivity index (χ2v) is 8.05. The SMILES string of the molecule is NN(C(=O)c1ccc(C(=O)NCc2cccc(O)c2)cc1Cl)[C@@H](CC(=O)c1csnn1)C(=O)O. The van der Waals surface area contributed by atoms with Crippen molar-refractivity contribution in [3.05, 3.63) is 75.3 Å². The van der Waals surface area contributed by atoms with Gasteiger partial charge in [-0.05, 0) is 47.4 Å². The van der Waals surface area contributed by atoms with E-state index in [0.29, 0.717) is 10.6 Å². The van der Waals surface area contributed by atoms with E-state index in [1.165, 1.54) is 35.7 Å². The summed E-state index contributed by atoms with van der Waals surface area (Å²) in [5.41, 5.74) is 0.637. The largest absolute Gasteiger partial charge is 0.508 e. The minimum Gasteiger partial charge on any atom is -0.508 e. The van der Waals surface area contributed by atoms with Crippen LogP contribution in [0.25, 0.3) is 0 Å². The molecule has 0 aliphatic carbocycles. The van der Waals surface area contributed by atoms with Crippen molar-refractivity contribution in [1.82, 2.24) is 19.9 Å². The summed E-state index contributed by atoms with van der Waals surface area (Å²) in [5, 5.41) is 26.8. The number of nitrogens with zero attached hydrogens (tertiary/aromatic N) is 3. The number of carboxylic acids is 1. The molecule has 2 aromatic carbocycles. The Balaban J connectivity index is 1.70. The number of aliphatic carboxylic acids is 1. The fourth-order valence-corrected chi connectivity index (χ4v) is 3.65. The first-order chi connectivity index (χ1) is 16.2. The normalized spacial score (nSPS) is 11.5. The Morgan fingerprint density at radius 1 is 1.18 bits per heavy atom. The van der Waals surface area contributed by atoms with Crippen LogP contribution in [0.2, 0.25) is 5.02 Å². The van der Waals surface area contributed by atoms with Crippen LogP contribution in [-0.4, -0.2) is 54.4 Å². The number of aromatic nitrogens is 2. The molecule has 13 heteroatoms. The molecule has 0 aliphatic rings. The van der Waals surface area contributed by atoms with Gasteiger partial charge in [0.2, 0.25) is 0 Å². The van der Waals surface area contributed by atoms with Gasteiger partial charge in [-0.3, -0.25) is 19.4 Å².